The monoisotopic (exact) mass is 226 g/mol. The van der Waals surface area contributed by atoms with Crippen molar-refractivity contribution in [3.05, 3.63) is 0 Å². The third-order valence-corrected chi connectivity index (χ3v) is 5.10. The predicted molar refractivity (Wildman–Crippen MR) is 64.8 cm³/mol. The standard InChI is InChI=1S/C14H26O2/c1-10(14(15)16)11-6-8-13(9-7-11)12-4-2-3-5-12/h10-16H,2-9H2,1H3. The van der Waals surface area contributed by atoms with Gasteiger partial charge < -0.3 is 10.2 Å². The molecular formula is C14H26O2. The molecule has 0 amide bonds. The fourth-order valence-corrected chi connectivity index (χ4v) is 3.81. The summed E-state index contributed by atoms with van der Waals surface area (Å²) in [4.78, 5) is 0. The van der Waals surface area contributed by atoms with Crippen molar-refractivity contribution >= 4 is 0 Å². The van der Waals surface area contributed by atoms with Crippen molar-refractivity contribution in [3.8, 4) is 0 Å². The van der Waals surface area contributed by atoms with Gasteiger partial charge in [0.1, 0.15) is 0 Å². The first-order chi connectivity index (χ1) is 7.68. The molecule has 94 valence electrons. The maximum atomic E-state index is 9.21. The zero-order valence-electron chi connectivity index (χ0n) is 10.4. The maximum absolute atomic E-state index is 9.21. The van der Waals surface area contributed by atoms with Gasteiger partial charge in [-0.2, -0.15) is 0 Å². The first kappa shape index (κ1) is 12.4. The van der Waals surface area contributed by atoms with E-state index in [2.05, 4.69) is 0 Å². The Labute approximate surface area is 99.1 Å². The molecule has 0 aromatic carbocycles. The number of aliphatic hydroxyl groups is 2. The summed E-state index contributed by atoms with van der Waals surface area (Å²) in [5, 5.41) is 18.4. The lowest BCUT2D eigenvalue weighted by molar-refractivity contribution is -0.100. The molecule has 0 bridgehead atoms. The molecule has 1 unspecified atom stereocenters. The van der Waals surface area contributed by atoms with E-state index in [1.165, 1.54) is 51.4 Å². The Kier molecular flexibility index (Phi) is 4.26. The van der Waals surface area contributed by atoms with Crippen LogP contribution in [0.5, 0.6) is 0 Å². The minimum absolute atomic E-state index is 0.0597. The summed E-state index contributed by atoms with van der Waals surface area (Å²) >= 11 is 0. The summed E-state index contributed by atoms with van der Waals surface area (Å²) in [6, 6.07) is 0. The SMILES string of the molecule is CC(C(O)O)C1CCC(C2CCCC2)CC1. The van der Waals surface area contributed by atoms with Crippen molar-refractivity contribution in [1.82, 2.24) is 0 Å². The van der Waals surface area contributed by atoms with Gasteiger partial charge in [-0.3, -0.25) is 0 Å². The first-order valence-electron chi connectivity index (χ1n) is 7.04. The lowest BCUT2D eigenvalue weighted by Gasteiger charge is -2.35. The van der Waals surface area contributed by atoms with Crippen LogP contribution in [0.3, 0.4) is 0 Å². The zero-order chi connectivity index (χ0) is 11.5. The molecule has 0 aliphatic heterocycles. The molecule has 2 aliphatic carbocycles. The number of hydrogen-bond acceptors (Lipinski definition) is 2. The molecule has 0 aromatic rings. The van der Waals surface area contributed by atoms with Gasteiger partial charge in [-0.05, 0) is 43.4 Å². The van der Waals surface area contributed by atoms with Crippen LogP contribution in [0.2, 0.25) is 0 Å². The lowest BCUT2D eigenvalue weighted by Crippen LogP contribution is -2.29. The average molecular weight is 226 g/mol. The normalized spacial score (nSPS) is 34.5. The second-order valence-electron chi connectivity index (χ2n) is 5.99. The maximum Gasteiger partial charge on any atom is 0.154 e. The Balaban J connectivity index is 1.77. The second-order valence-corrected chi connectivity index (χ2v) is 5.99. The van der Waals surface area contributed by atoms with E-state index in [9.17, 15) is 10.2 Å². The fourth-order valence-electron chi connectivity index (χ4n) is 3.81. The van der Waals surface area contributed by atoms with Crippen LogP contribution in [-0.2, 0) is 0 Å². The summed E-state index contributed by atoms with van der Waals surface area (Å²) in [5.41, 5.74) is 0. The Morgan fingerprint density at radius 2 is 1.31 bits per heavy atom. The first-order valence-corrected chi connectivity index (χ1v) is 7.04. The molecule has 0 saturated heterocycles. The highest BCUT2D eigenvalue weighted by Gasteiger charge is 2.32. The minimum Gasteiger partial charge on any atom is -0.368 e. The van der Waals surface area contributed by atoms with Crippen LogP contribution in [0.15, 0.2) is 0 Å². The van der Waals surface area contributed by atoms with Crippen molar-refractivity contribution in [2.75, 3.05) is 0 Å². The van der Waals surface area contributed by atoms with Crippen LogP contribution in [-0.4, -0.2) is 16.5 Å². The van der Waals surface area contributed by atoms with E-state index in [-0.39, 0.29) is 5.92 Å². The van der Waals surface area contributed by atoms with Crippen LogP contribution < -0.4 is 0 Å². The molecule has 1 atom stereocenters. The van der Waals surface area contributed by atoms with E-state index in [0.29, 0.717) is 5.92 Å². The second kappa shape index (κ2) is 5.50. The minimum atomic E-state index is -1.12. The molecular weight excluding hydrogens is 200 g/mol. The van der Waals surface area contributed by atoms with Crippen LogP contribution in [0.1, 0.15) is 58.3 Å². The molecule has 0 heterocycles. The topological polar surface area (TPSA) is 40.5 Å². The van der Waals surface area contributed by atoms with Gasteiger partial charge >= 0.3 is 0 Å². The molecule has 2 N–H and O–H groups in total. The van der Waals surface area contributed by atoms with E-state index in [4.69, 9.17) is 0 Å². The number of rotatable bonds is 3. The van der Waals surface area contributed by atoms with Gasteiger partial charge in [-0.25, -0.2) is 0 Å². The molecule has 0 spiro atoms. The van der Waals surface area contributed by atoms with E-state index in [0.717, 1.165) is 11.8 Å². The fraction of sp³-hybridized carbons (Fsp3) is 1.00. The summed E-state index contributed by atoms with van der Waals surface area (Å²) in [5.74, 6) is 2.54. The van der Waals surface area contributed by atoms with Gasteiger partial charge in [-0.1, -0.05) is 32.6 Å². The predicted octanol–water partition coefficient (Wildman–Crippen LogP) is 2.93. The van der Waals surface area contributed by atoms with Gasteiger partial charge in [-0.15, -0.1) is 0 Å². The van der Waals surface area contributed by atoms with Crippen LogP contribution >= 0.6 is 0 Å². The van der Waals surface area contributed by atoms with Crippen molar-refractivity contribution in [2.24, 2.45) is 23.7 Å². The zero-order valence-corrected chi connectivity index (χ0v) is 10.4. The van der Waals surface area contributed by atoms with Crippen LogP contribution in [0.25, 0.3) is 0 Å². The third-order valence-electron chi connectivity index (χ3n) is 5.10. The quantitative estimate of drug-likeness (QED) is 0.726. The Hall–Kier alpha value is -0.0800. The highest BCUT2D eigenvalue weighted by Crippen LogP contribution is 2.42. The average Bonchev–Trinajstić information content (AvgIpc) is 2.81. The summed E-state index contributed by atoms with van der Waals surface area (Å²) in [7, 11) is 0. The highest BCUT2D eigenvalue weighted by atomic mass is 16.5. The number of aliphatic hydroxyl groups excluding tert-OH is 1. The third kappa shape index (κ3) is 2.78. The molecule has 16 heavy (non-hydrogen) atoms. The Morgan fingerprint density at radius 3 is 1.81 bits per heavy atom. The molecule has 2 aliphatic rings. The lowest BCUT2D eigenvalue weighted by atomic mass is 9.72. The van der Waals surface area contributed by atoms with E-state index in [1.807, 2.05) is 6.92 Å². The van der Waals surface area contributed by atoms with Crippen LogP contribution in [0, 0.1) is 23.7 Å². The molecule has 2 nitrogen and oxygen atoms in total. The smallest absolute Gasteiger partial charge is 0.154 e. The van der Waals surface area contributed by atoms with Crippen molar-refractivity contribution in [2.45, 2.75) is 64.6 Å². The van der Waals surface area contributed by atoms with E-state index in [1.54, 1.807) is 0 Å². The largest absolute Gasteiger partial charge is 0.368 e. The van der Waals surface area contributed by atoms with Gasteiger partial charge in [0, 0.05) is 5.92 Å². The van der Waals surface area contributed by atoms with Gasteiger partial charge in [0.2, 0.25) is 0 Å². The summed E-state index contributed by atoms with van der Waals surface area (Å²) < 4.78 is 0. The van der Waals surface area contributed by atoms with E-state index < -0.39 is 6.29 Å². The molecule has 0 aromatic heterocycles. The van der Waals surface area contributed by atoms with Crippen molar-refractivity contribution < 1.29 is 10.2 Å². The van der Waals surface area contributed by atoms with Crippen molar-refractivity contribution in [3.63, 3.8) is 0 Å². The molecule has 2 rings (SSSR count). The Bertz CT molecular complexity index is 191. The summed E-state index contributed by atoms with van der Waals surface area (Å²) in [6.07, 6.45) is 9.74. The molecule has 2 saturated carbocycles. The highest BCUT2D eigenvalue weighted by molar-refractivity contribution is 4.82. The molecule has 2 heteroatoms. The van der Waals surface area contributed by atoms with Crippen molar-refractivity contribution in [1.29, 1.82) is 0 Å². The van der Waals surface area contributed by atoms with Gasteiger partial charge in [0.25, 0.3) is 0 Å². The van der Waals surface area contributed by atoms with Crippen LogP contribution in [0.4, 0.5) is 0 Å². The Morgan fingerprint density at radius 1 is 0.812 bits per heavy atom. The molecule has 2 fully saturated rings. The summed E-state index contributed by atoms with van der Waals surface area (Å²) in [6.45, 7) is 1.98. The van der Waals surface area contributed by atoms with Gasteiger partial charge in [0.15, 0.2) is 6.29 Å². The molecule has 0 radical (unpaired) electrons. The van der Waals surface area contributed by atoms with E-state index >= 15 is 0 Å². The number of hydrogen-bond donors (Lipinski definition) is 2. The van der Waals surface area contributed by atoms with Gasteiger partial charge in [0.05, 0.1) is 0 Å².